The van der Waals surface area contributed by atoms with Gasteiger partial charge in [-0.25, -0.2) is 0 Å². The fourth-order valence-electron chi connectivity index (χ4n) is 4.36. The molecule has 0 unspecified atom stereocenters. The van der Waals surface area contributed by atoms with Crippen molar-refractivity contribution in [3.05, 3.63) is 133 Å². The van der Waals surface area contributed by atoms with Crippen LogP contribution in [-0.2, 0) is 20.1 Å². The molecule has 0 bridgehead atoms. The van der Waals surface area contributed by atoms with E-state index in [0.717, 1.165) is 39.4 Å². The normalized spacial score (nSPS) is 10.5. The number of rotatable bonds is 4. The molecule has 0 fully saturated rings. The molecule has 4 heteroatoms. The summed E-state index contributed by atoms with van der Waals surface area (Å²) < 4.78 is 6.03. The molecule has 0 aliphatic rings. The molecular formula is C34H28IrN2O-2. The van der Waals surface area contributed by atoms with Crippen LogP contribution in [-0.4, -0.2) is 9.97 Å². The predicted octanol–water partition coefficient (Wildman–Crippen LogP) is 8.94. The number of aromatic nitrogens is 2. The van der Waals surface area contributed by atoms with Crippen LogP contribution in [0.2, 0.25) is 0 Å². The fraction of sp³-hybridized carbons (Fsp3) is 0.118. The topological polar surface area (TPSA) is 38.9 Å². The molecule has 6 aromatic rings. The standard InChI is InChI=1S/C23H20NO.C11H8N.Ir/c1-15(2)23-16(3)20-14-18(10-11-22(20)25-23)17-7-6-8-19(13-17)21-9-4-5-12-24-21;1-2-6-10(7-3-1)11-8-4-5-9-12-11;/h4-7,9-15H,1-3H3;1-6,8-9H;/q2*-1;. The third-order valence-electron chi connectivity index (χ3n) is 6.22. The Hall–Kier alpha value is -3.85. The minimum Gasteiger partial charge on any atom is -0.461 e. The third-order valence-corrected chi connectivity index (χ3v) is 6.22. The van der Waals surface area contributed by atoms with Crippen molar-refractivity contribution in [3.63, 3.8) is 0 Å². The molecule has 0 amide bonds. The van der Waals surface area contributed by atoms with Gasteiger partial charge >= 0.3 is 0 Å². The van der Waals surface area contributed by atoms with Crippen LogP contribution in [0.25, 0.3) is 44.6 Å². The number of furan rings is 1. The van der Waals surface area contributed by atoms with Gasteiger partial charge in [0.15, 0.2) is 0 Å². The minimum absolute atomic E-state index is 0. The van der Waals surface area contributed by atoms with Gasteiger partial charge in [-0.2, -0.15) is 0 Å². The molecule has 3 aromatic heterocycles. The van der Waals surface area contributed by atoms with Crippen molar-refractivity contribution in [1.82, 2.24) is 9.97 Å². The van der Waals surface area contributed by atoms with Gasteiger partial charge in [0.05, 0.1) is 0 Å². The van der Waals surface area contributed by atoms with Crippen molar-refractivity contribution in [2.45, 2.75) is 26.7 Å². The first-order chi connectivity index (χ1) is 18.1. The SMILES string of the molecule is Cc1c(C(C)C)oc2ccc(-c3cc[c-]c(-c4ccccn4)c3)cc12.[Ir].[c-]1ccccc1-c1ccccn1. The first-order valence-electron chi connectivity index (χ1n) is 12.4. The molecule has 1 radical (unpaired) electrons. The van der Waals surface area contributed by atoms with Gasteiger partial charge < -0.3 is 14.4 Å². The second-order valence-corrected chi connectivity index (χ2v) is 9.15. The largest absolute Gasteiger partial charge is 0.461 e. The molecule has 3 heterocycles. The molecule has 0 saturated carbocycles. The Morgan fingerprint density at radius 1 is 0.684 bits per heavy atom. The first-order valence-corrected chi connectivity index (χ1v) is 12.4. The zero-order valence-electron chi connectivity index (χ0n) is 21.6. The quantitative estimate of drug-likeness (QED) is 0.176. The van der Waals surface area contributed by atoms with Crippen LogP contribution in [0.3, 0.4) is 0 Å². The van der Waals surface area contributed by atoms with Crippen molar-refractivity contribution in [1.29, 1.82) is 0 Å². The third kappa shape index (κ3) is 6.16. The maximum absolute atomic E-state index is 6.03. The van der Waals surface area contributed by atoms with Gasteiger partial charge in [0.25, 0.3) is 0 Å². The number of hydrogen-bond acceptors (Lipinski definition) is 3. The van der Waals surface area contributed by atoms with Gasteiger partial charge in [0.1, 0.15) is 11.3 Å². The molecule has 0 spiro atoms. The van der Waals surface area contributed by atoms with Crippen LogP contribution in [0, 0.1) is 19.1 Å². The van der Waals surface area contributed by atoms with Crippen LogP contribution >= 0.6 is 0 Å². The van der Waals surface area contributed by atoms with Gasteiger partial charge in [-0.05, 0) is 53.7 Å². The van der Waals surface area contributed by atoms with E-state index in [0.29, 0.717) is 5.92 Å². The number of aryl methyl sites for hydroxylation is 1. The summed E-state index contributed by atoms with van der Waals surface area (Å²) in [6, 6.07) is 38.6. The van der Waals surface area contributed by atoms with Crippen LogP contribution in [0.5, 0.6) is 0 Å². The zero-order chi connectivity index (χ0) is 25.6. The van der Waals surface area contributed by atoms with Crippen LogP contribution in [0.15, 0.2) is 114 Å². The fourth-order valence-corrected chi connectivity index (χ4v) is 4.36. The van der Waals surface area contributed by atoms with E-state index in [2.05, 4.69) is 73.2 Å². The van der Waals surface area contributed by atoms with E-state index >= 15 is 0 Å². The molecule has 38 heavy (non-hydrogen) atoms. The zero-order valence-corrected chi connectivity index (χ0v) is 24.0. The molecular weight excluding hydrogens is 645 g/mol. The number of nitrogens with zero attached hydrogens (tertiary/aromatic N) is 2. The van der Waals surface area contributed by atoms with Crippen molar-refractivity contribution in [3.8, 4) is 33.6 Å². The van der Waals surface area contributed by atoms with Gasteiger partial charge in [-0.3, -0.25) is 0 Å². The van der Waals surface area contributed by atoms with Crippen molar-refractivity contribution in [2.75, 3.05) is 0 Å². The average molecular weight is 673 g/mol. The molecule has 0 atom stereocenters. The van der Waals surface area contributed by atoms with Crippen molar-refractivity contribution < 1.29 is 24.5 Å². The average Bonchev–Trinajstić information content (AvgIpc) is 3.31. The summed E-state index contributed by atoms with van der Waals surface area (Å²) >= 11 is 0. The van der Waals surface area contributed by atoms with Crippen LogP contribution in [0.4, 0.5) is 0 Å². The molecule has 0 saturated heterocycles. The Morgan fingerprint density at radius 2 is 1.34 bits per heavy atom. The number of benzene rings is 3. The van der Waals surface area contributed by atoms with Gasteiger partial charge in [-0.15, -0.1) is 71.3 Å². The summed E-state index contributed by atoms with van der Waals surface area (Å²) in [5.41, 5.74) is 8.48. The maximum atomic E-state index is 6.03. The van der Waals surface area contributed by atoms with E-state index in [4.69, 9.17) is 4.42 Å². The Balaban J connectivity index is 0.000000218. The molecule has 0 aliphatic carbocycles. The Bertz CT molecular complexity index is 1560. The molecule has 0 N–H and O–H groups in total. The summed E-state index contributed by atoms with van der Waals surface area (Å²) in [5.74, 6) is 1.46. The van der Waals surface area contributed by atoms with Crippen LogP contribution in [0.1, 0.15) is 31.1 Å². The summed E-state index contributed by atoms with van der Waals surface area (Å²) in [7, 11) is 0. The predicted molar refractivity (Wildman–Crippen MR) is 151 cm³/mol. The summed E-state index contributed by atoms with van der Waals surface area (Å²) in [6.07, 6.45) is 3.60. The smallest absolute Gasteiger partial charge is 0.134 e. The molecule has 191 valence electrons. The van der Waals surface area contributed by atoms with Gasteiger partial charge in [0, 0.05) is 43.8 Å². The van der Waals surface area contributed by atoms with Gasteiger partial charge in [-0.1, -0.05) is 44.2 Å². The molecule has 0 aliphatic heterocycles. The van der Waals surface area contributed by atoms with E-state index in [1.54, 1.807) is 6.20 Å². The minimum atomic E-state index is 0. The van der Waals surface area contributed by atoms with E-state index in [-0.39, 0.29) is 20.1 Å². The second kappa shape index (κ2) is 12.6. The summed E-state index contributed by atoms with van der Waals surface area (Å²) in [5, 5.41) is 1.19. The van der Waals surface area contributed by atoms with Crippen molar-refractivity contribution >= 4 is 11.0 Å². The molecule has 3 nitrogen and oxygen atoms in total. The maximum Gasteiger partial charge on any atom is 0.134 e. The van der Waals surface area contributed by atoms with Gasteiger partial charge in [0.2, 0.25) is 0 Å². The Kier molecular flexibility index (Phi) is 9.02. The van der Waals surface area contributed by atoms with E-state index in [1.165, 1.54) is 16.5 Å². The van der Waals surface area contributed by atoms with E-state index in [1.807, 2.05) is 72.9 Å². The Labute approximate surface area is 238 Å². The molecule has 6 rings (SSSR count). The second-order valence-electron chi connectivity index (χ2n) is 9.15. The monoisotopic (exact) mass is 673 g/mol. The number of pyridine rings is 2. The van der Waals surface area contributed by atoms with E-state index in [9.17, 15) is 0 Å². The first kappa shape index (κ1) is 27.2. The van der Waals surface area contributed by atoms with Crippen molar-refractivity contribution in [2.24, 2.45) is 0 Å². The summed E-state index contributed by atoms with van der Waals surface area (Å²) in [4.78, 5) is 8.64. The molecule has 3 aromatic carbocycles. The number of hydrogen-bond donors (Lipinski definition) is 0. The van der Waals surface area contributed by atoms with Crippen LogP contribution < -0.4 is 0 Å². The summed E-state index contributed by atoms with van der Waals surface area (Å²) in [6.45, 7) is 6.47. The number of fused-ring (bicyclic) bond motifs is 1. The van der Waals surface area contributed by atoms with E-state index < -0.39 is 0 Å². The Morgan fingerprint density at radius 3 is 1.97 bits per heavy atom.